The fourth-order valence-electron chi connectivity index (χ4n) is 2.35. The van der Waals surface area contributed by atoms with Gasteiger partial charge in [-0.1, -0.05) is 6.07 Å². The molecule has 106 valence electrons. The van der Waals surface area contributed by atoms with Crippen LogP contribution in [0.4, 0.5) is 0 Å². The number of pyridine rings is 1. The van der Waals surface area contributed by atoms with Crippen molar-refractivity contribution in [3.63, 3.8) is 0 Å². The Kier molecular flexibility index (Phi) is 4.20. The fourth-order valence-corrected chi connectivity index (χ4v) is 2.35. The number of hydrogen-bond acceptors (Lipinski definition) is 4. The van der Waals surface area contributed by atoms with Crippen molar-refractivity contribution in [2.45, 2.75) is 26.3 Å². The number of methoxy groups -OCH3 is 1. The Balaban J connectivity index is 2.32. The molecule has 0 saturated heterocycles. The van der Waals surface area contributed by atoms with E-state index in [-0.39, 0.29) is 0 Å². The molecule has 0 saturated carbocycles. The van der Waals surface area contributed by atoms with Crippen molar-refractivity contribution in [3.8, 4) is 5.82 Å². The summed E-state index contributed by atoms with van der Waals surface area (Å²) in [6.07, 6.45) is 2.22. The second-order valence-electron chi connectivity index (χ2n) is 4.75. The van der Waals surface area contributed by atoms with E-state index in [4.69, 9.17) is 5.73 Å². The van der Waals surface area contributed by atoms with Gasteiger partial charge in [-0.05, 0) is 37.6 Å². The smallest absolute Gasteiger partial charge is 0.322 e. The SMILES string of the molecule is COC(=O)C(N)Cc1cc(C)n(-c2ccccn2)c1C. The maximum atomic E-state index is 11.4. The number of aryl methyl sites for hydroxylation is 1. The zero-order valence-electron chi connectivity index (χ0n) is 12.0. The summed E-state index contributed by atoms with van der Waals surface area (Å²) in [5.74, 6) is 0.466. The third kappa shape index (κ3) is 2.72. The van der Waals surface area contributed by atoms with Gasteiger partial charge >= 0.3 is 5.97 Å². The van der Waals surface area contributed by atoms with Crippen molar-refractivity contribution in [3.05, 3.63) is 47.4 Å². The molecule has 2 N–H and O–H groups in total. The maximum Gasteiger partial charge on any atom is 0.322 e. The molecule has 20 heavy (non-hydrogen) atoms. The van der Waals surface area contributed by atoms with Gasteiger partial charge in [0.05, 0.1) is 7.11 Å². The number of aromatic nitrogens is 2. The molecule has 0 aliphatic carbocycles. The fraction of sp³-hybridized carbons (Fsp3) is 0.333. The maximum absolute atomic E-state index is 11.4. The summed E-state index contributed by atoms with van der Waals surface area (Å²) in [6, 6.07) is 7.17. The van der Waals surface area contributed by atoms with Gasteiger partial charge in [-0.15, -0.1) is 0 Å². The van der Waals surface area contributed by atoms with Crippen molar-refractivity contribution in [2.75, 3.05) is 7.11 Å². The molecule has 2 aromatic rings. The molecule has 0 fully saturated rings. The van der Waals surface area contributed by atoms with E-state index in [1.807, 2.05) is 38.1 Å². The molecular weight excluding hydrogens is 254 g/mol. The first-order valence-corrected chi connectivity index (χ1v) is 6.47. The Morgan fingerprint density at radius 1 is 1.45 bits per heavy atom. The van der Waals surface area contributed by atoms with Crippen molar-refractivity contribution >= 4 is 5.97 Å². The van der Waals surface area contributed by atoms with Crippen LogP contribution in [0.1, 0.15) is 17.0 Å². The van der Waals surface area contributed by atoms with E-state index >= 15 is 0 Å². The summed E-state index contributed by atoms with van der Waals surface area (Å²) in [7, 11) is 1.35. The normalized spacial score (nSPS) is 12.2. The van der Waals surface area contributed by atoms with Gasteiger partial charge in [-0.25, -0.2) is 4.98 Å². The van der Waals surface area contributed by atoms with Crippen LogP contribution in [0.2, 0.25) is 0 Å². The van der Waals surface area contributed by atoms with E-state index in [0.29, 0.717) is 6.42 Å². The van der Waals surface area contributed by atoms with Gasteiger partial charge in [0.15, 0.2) is 0 Å². The highest BCUT2D eigenvalue weighted by atomic mass is 16.5. The van der Waals surface area contributed by atoms with Gasteiger partial charge in [-0.2, -0.15) is 0 Å². The van der Waals surface area contributed by atoms with E-state index in [1.54, 1.807) is 6.20 Å². The van der Waals surface area contributed by atoms with E-state index in [2.05, 4.69) is 14.3 Å². The lowest BCUT2D eigenvalue weighted by atomic mass is 10.1. The number of nitrogens with two attached hydrogens (primary N) is 1. The zero-order chi connectivity index (χ0) is 14.7. The van der Waals surface area contributed by atoms with Gasteiger partial charge in [0.2, 0.25) is 0 Å². The average Bonchev–Trinajstić information content (AvgIpc) is 2.73. The van der Waals surface area contributed by atoms with Gasteiger partial charge in [0.1, 0.15) is 11.9 Å². The van der Waals surface area contributed by atoms with E-state index in [9.17, 15) is 4.79 Å². The van der Waals surface area contributed by atoms with Crippen LogP contribution in [0.5, 0.6) is 0 Å². The van der Waals surface area contributed by atoms with Crippen LogP contribution >= 0.6 is 0 Å². The first kappa shape index (κ1) is 14.3. The van der Waals surface area contributed by atoms with Crippen LogP contribution in [-0.2, 0) is 16.0 Å². The highest BCUT2D eigenvalue weighted by Gasteiger charge is 2.18. The molecule has 2 aromatic heterocycles. The summed E-state index contributed by atoms with van der Waals surface area (Å²) in [6.45, 7) is 4.01. The summed E-state index contributed by atoms with van der Waals surface area (Å²) in [5.41, 5.74) is 8.97. The molecule has 2 rings (SSSR count). The van der Waals surface area contributed by atoms with Crippen LogP contribution in [0.3, 0.4) is 0 Å². The Hall–Kier alpha value is -2.14. The topological polar surface area (TPSA) is 70.1 Å². The van der Waals surface area contributed by atoms with Crippen LogP contribution in [0.25, 0.3) is 5.82 Å². The number of esters is 1. The number of nitrogens with zero attached hydrogens (tertiary/aromatic N) is 2. The minimum atomic E-state index is -0.641. The number of carbonyl (C=O) groups excluding carboxylic acids is 1. The lowest BCUT2D eigenvalue weighted by Gasteiger charge is -2.10. The second-order valence-corrected chi connectivity index (χ2v) is 4.75. The van der Waals surface area contributed by atoms with E-state index in [0.717, 1.165) is 22.8 Å². The lowest BCUT2D eigenvalue weighted by molar-refractivity contribution is -0.142. The summed E-state index contributed by atoms with van der Waals surface area (Å²) >= 11 is 0. The molecule has 0 radical (unpaired) electrons. The molecule has 0 amide bonds. The Labute approximate surface area is 118 Å². The molecule has 5 heteroatoms. The molecule has 1 unspecified atom stereocenters. The standard InChI is InChI=1S/C15H19N3O2/c1-10-8-12(9-13(16)15(19)20-3)11(2)18(10)14-6-4-5-7-17-14/h4-8,13H,9,16H2,1-3H3. The molecule has 0 spiro atoms. The molecule has 1 atom stereocenters. The van der Waals surface area contributed by atoms with E-state index < -0.39 is 12.0 Å². The first-order valence-electron chi connectivity index (χ1n) is 6.47. The predicted molar refractivity (Wildman–Crippen MR) is 76.7 cm³/mol. The number of rotatable bonds is 4. The Bertz CT molecular complexity index is 605. The largest absolute Gasteiger partial charge is 0.468 e. The molecule has 0 aliphatic heterocycles. The van der Waals surface area contributed by atoms with Crippen LogP contribution in [0.15, 0.2) is 30.5 Å². The van der Waals surface area contributed by atoms with Crippen LogP contribution in [0, 0.1) is 13.8 Å². The number of ether oxygens (including phenoxy) is 1. The summed E-state index contributed by atoms with van der Waals surface area (Å²) in [4.78, 5) is 15.8. The third-order valence-corrected chi connectivity index (χ3v) is 3.36. The van der Waals surface area contributed by atoms with E-state index in [1.165, 1.54) is 7.11 Å². The van der Waals surface area contributed by atoms with Crippen LogP contribution < -0.4 is 5.73 Å². The van der Waals surface area contributed by atoms with Gasteiger partial charge in [0, 0.05) is 24.0 Å². The van der Waals surface area contributed by atoms with Crippen molar-refractivity contribution in [2.24, 2.45) is 5.73 Å². The monoisotopic (exact) mass is 273 g/mol. The number of hydrogen-bond donors (Lipinski definition) is 1. The van der Waals surface area contributed by atoms with Gasteiger partial charge in [-0.3, -0.25) is 4.79 Å². The zero-order valence-corrected chi connectivity index (χ0v) is 12.0. The van der Waals surface area contributed by atoms with Crippen molar-refractivity contribution in [1.29, 1.82) is 0 Å². The van der Waals surface area contributed by atoms with Crippen molar-refractivity contribution < 1.29 is 9.53 Å². The summed E-state index contributed by atoms with van der Waals surface area (Å²) < 4.78 is 6.72. The lowest BCUT2D eigenvalue weighted by Crippen LogP contribution is -2.33. The van der Waals surface area contributed by atoms with Crippen LogP contribution in [-0.4, -0.2) is 28.7 Å². The molecule has 0 bridgehead atoms. The quantitative estimate of drug-likeness (QED) is 0.858. The third-order valence-electron chi connectivity index (χ3n) is 3.36. The average molecular weight is 273 g/mol. The summed E-state index contributed by atoms with van der Waals surface area (Å²) in [5, 5.41) is 0. The van der Waals surface area contributed by atoms with Crippen molar-refractivity contribution in [1.82, 2.24) is 9.55 Å². The minimum Gasteiger partial charge on any atom is -0.468 e. The van der Waals surface area contributed by atoms with Gasteiger partial charge < -0.3 is 15.0 Å². The minimum absolute atomic E-state index is 0.396. The van der Waals surface area contributed by atoms with Gasteiger partial charge in [0.25, 0.3) is 0 Å². The molecule has 0 aliphatic rings. The Morgan fingerprint density at radius 3 is 2.80 bits per heavy atom. The molecular formula is C15H19N3O2. The highest BCUT2D eigenvalue weighted by molar-refractivity contribution is 5.75. The molecule has 2 heterocycles. The predicted octanol–water partition coefficient (Wildman–Crippen LogP) is 1.53. The molecule has 0 aromatic carbocycles. The second kappa shape index (κ2) is 5.88. The highest BCUT2D eigenvalue weighted by Crippen LogP contribution is 2.20. The first-order chi connectivity index (χ1) is 9.54. The molecule has 5 nitrogen and oxygen atoms in total. The number of carbonyl (C=O) groups is 1. The Morgan fingerprint density at radius 2 is 2.20 bits per heavy atom.